The van der Waals surface area contributed by atoms with E-state index in [9.17, 15) is 0 Å². The maximum Gasteiger partial charge on any atom is -0.0383 e. The minimum absolute atomic E-state index is 0.947. The third-order valence-corrected chi connectivity index (χ3v) is 4.70. The van der Waals surface area contributed by atoms with Gasteiger partial charge in [0, 0.05) is 0 Å². The molecule has 0 aromatic rings. The van der Waals surface area contributed by atoms with Gasteiger partial charge in [-0.3, -0.25) is 0 Å². The third kappa shape index (κ3) is 6.48. The monoisotopic (exact) mass is 238 g/mol. The van der Waals surface area contributed by atoms with Gasteiger partial charge in [-0.05, 0) is 36.5 Å². The van der Waals surface area contributed by atoms with E-state index in [1.807, 2.05) is 0 Å². The molecule has 0 saturated heterocycles. The van der Waals surface area contributed by atoms with E-state index in [2.05, 4.69) is 27.7 Å². The molecule has 17 heavy (non-hydrogen) atoms. The van der Waals surface area contributed by atoms with E-state index < -0.39 is 0 Å². The Bertz CT molecular complexity index is 184. The van der Waals surface area contributed by atoms with E-state index in [1.54, 1.807) is 6.42 Å². The van der Waals surface area contributed by atoms with Gasteiger partial charge in [-0.25, -0.2) is 0 Å². The van der Waals surface area contributed by atoms with E-state index in [1.165, 1.54) is 51.4 Å². The Kier molecular flexibility index (Phi) is 7.23. The highest BCUT2D eigenvalue weighted by Crippen LogP contribution is 2.44. The lowest BCUT2D eigenvalue weighted by molar-refractivity contribution is 0.363. The highest BCUT2D eigenvalue weighted by molar-refractivity contribution is 4.84. The summed E-state index contributed by atoms with van der Waals surface area (Å²) in [5.74, 6) is 4.13. The van der Waals surface area contributed by atoms with E-state index >= 15 is 0 Å². The van der Waals surface area contributed by atoms with Crippen LogP contribution in [0.25, 0.3) is 0 Å². The van der Waals surface area contributed by atoms with Crippen LogP contribution in [0, 0.1) is 23.7 Å². The van der Waals surface area contributed by atoms with Crippen molar-refractivity contribution in [2.24, 2.45) is 23.7 Å². The van der Waals surface area contributed by atoms with Gasteiger partial charge in [0.1, 0.15) is 0 Å². The van der Waals surface area contributed by atoms with E-state index in [4.69, 9.17) is 0 Å². The van der Waals surface area contributed by atoms with E-state index in [0.29, 0.717) is 0 Å². The molecule has 0 heteroatoms. The highest BCUT2D eigenvalue weighted by Gasteiger charge is 2.33. The zero-order valence-electron chi connectivity index (χ0n) is 12.7. The van der Waals surface area contributed by atoms with E-state index in [0.717, 1.165) is 23.7 Å². The second-order valence-corrected chi connectivity index (χ2v) is 6.68. The van der Waals surface area contributed by atoms with Crippen LogP contribution < -0.4 is 0 Å². The van der Waals surface area contributed by atoms with Crippen LogP contribution in [0.4, 0.5) is 0 Å². The zero-order chi connectivity index (χ0) is 12.7. The summed E-state index contributed by atoms with van der Waals surface area (Å²) in [7, 11) is 0. The van der Waals surface area contributed by atoms with E-state index in [-0.39, 0.29) is 0 Å². The Balaban J connectivity index is 1.91. The number of rotatable bonds is 10. The summed E-state index contributed by atoms with van der Waals surface area (Å²) in [6, 6.07) is 0. The fraction of sp³-hybridized carbons (Fsp3) is 1.00. The van der Waals surface area contributed by atoms with Gasteiger partial charge in [0.2, 0.25) is 0 Å². The molecule has 0 aliphatic heterocycles. The van der Waals surface area contributed by atoms with Crippen molar-refractivity contribution in [2.45, 2.75) is 85.5 Å². The predicted octanol–water partition coefficient (Wildman–Crippen LogP) is 6.06. The lowest BCUT2D eigenvalue weighted by Crippen LogP contribution is -2.03. The molecule has 0 nitrogen and oxygen atoms in total. The molecule has 1 rings (SSSR count). The van der Waals surface area contributed by atoms with Gasteiger partial charge in [-0.1, -0.05) is 72.6 Å². The van der Waals surface area contributed by atoms with Crippen molar-refractivity contribution >= 4 is 0 Å². The Hall–Kier alpha value is 0. The van der Waals surface area contributed by atoms with Crippen molar-refractivity contribution in [1.29, 1.82) is 0 Å². The molecule has 0 heterocycles. The van der Waals surface area contributed by atoms with Crippen LogP contribution >= 0.6 is 0 Å². The molecule has 1 aliphatic carbocycles. The van der Waals surface area contributed by atoms with Crippen molar-refractivity contribution in [2.75, 3.05) is 0 Å². The van der Waals surface area contributed by atoms with Gasteiger partial charge < -0.3 is 0 Å². The molecule has 0 aromatic heterocycles. The van der Waals surface area contributed by atoms with Gasteiger partial charge in [-0.15, -0.1) is 0 Å². The first-order valence-electron chi connectivity index (χ1n) is 8.17. The summed E-state index contributed by atoms with van der Waals surface area (Å²) in [4.78, 5) is 0. The molecular weight excluding hydrogens is 204 g/mol. The number of hydrogen-bond acceptors (Lipinski definition) is 0. The van der Waals surface area contributed by atoms with Gasteiger partial charge in [-0.2, -0.15) is 0 Å². The minimum Gasteiger partial charge on any atom is -0.0654 e. The quantitative estimate of drug-likeness (QED) is 0.406. The van der Waals surface area contributed by atoms with Gasteiger partial charge in [0.15, 0.2) is 0 Å². The maximum atomic E-state index is 2.46. The van der Waals surface area contributed by atoms with Gasteiger partial charge >= 0.3 is 0 Å². The summed E-state index contributed by atoms with van der Waals surface area (Å²) in [6.45, 7) is 9.54. The van der Waals surface area contributed by atoms with Crippen LogP contribution in [0.15, 0.2) is 0 Å². The summed E-state index contributed by atoms with van der Waals surface area (Å²) >= 11 is 0. The topological polar surface area (TPSA) is 0 Å². The standard InChI is InChI=1S/C17H34/c1-5-9-14(3)12-15(4)10-7-8-11-17-13-16(17)6-2/h14-17H,5-13H2,1-4H3. The van der Waals surface area contributed by atoms with Crippen molar-refractivity contribution in [1.82, 2.24) is 0 Å². The summed E-state index contributed by atoms with van der Waals surface area (Å²) < 4.78 is 0. The molecule has 1 fully saturated rings. The molecule has 4 unspecified atom stereocenters. The third-order valence-electron chi connectivity index (χ3n) is 4.70. The van der Waals surface area contributed by atoms with Crippen molar-refractivity contribution in [3.8, 4) is 0 Å². The van der Waals surface area contributed by atoms with Crippen LogP contribution in [0.1, 0.15) is 85.5 Å². The zero-order valence-corrected chi connectivity index (χ0v) is 12.7. The molecule has 0 bridgehead atoms. The molecule has 4 atom stereocenters. The Morgan fingerprint density at radius 2 is 1.65 bits per heavy atom. The fourth-order valence-electron chi connectivity index (χ4n) is 3.48. The van der Waals surface area contributed by atoms with Gasteiger partial charge in [0.05, 0.1) is 0 Å². The predicted molar refractivity (Wildman–Crippen MR) is 78.2 cm³/mol. The first kappa shape index (κ1) is 15.1. The first-order valence-corrected chi connectivity index (χ1v) is 8.17. The van der Waals surface area contributed by atoms with Crippen LogP contribution in [0.5, 0.6) is 0 Å². The van der Waals surface area contributed by atoms with Crippen LogP contribution in [0.2, 0.25) is 0 Å². The van der Waals surface area contributed by atoms with Crippen molar-refractivity contribution < 1.29 is 0 Å². The summed E-state index contributed by atoms with van der Waals surface area (Å²) in [6.07, 6.45) is 13.2. The maximum absolute atomic E-state index is 2.46. The molecule has 0 radical (unpaired) electrons. The molecule has 0 aromatic carbocycles. The largest absolute Gasteiger partial charge is 0.0654 e. The molecule has 0 amide bonds. The Morgan fingerprint density at radius 3 is 2.24 bits per heavy atom. The molecule has 0 N–H and O–H groups in total. The van der Waals surface area contributed by atoms with Crippen LogP contribution in [-0.2, 0) is 0 Å². The second kappa shape index (κ2) is 8.16. The SMILES string of the molecule is CCCC(C)CC(C)CCCCC1CC1CC. The normalized spacial score (nSPS) is 26.8. The minimum atomic E-state index is 0.947. The second-order valence-electron chi connectivity index (χ2n) is 6.68. The molecular formula is C17H34. The number of unbranched alkanes of at least 4 members (excludes halogenated alkanes) is 1. The average molecular weight is 238 g/mol. The first-order chi connectivity index (χ1) is 8.17. The molecule has 102 valence electrons. The fourth-order valence-corrected chi connectivity index (χ4v) is 3.48. The van der Waals surface area contributed by atoms with Crippen LogP contribution in [-0.4, -0.2) is 0 Å². The Labute approximate surface area is 110 Å². The summed E-state index contributed by atoms with van der Waals surface area (Å²) in [5, 5.41) is 0. The lowest BCUT2D eigenvalue weighted by atomic mass is 9.90. The highest BCUT2D eigenvalue weighted by atomic mass is 14.4. The summed E-state index contributed by atoms with van der Waals surface area (Å²) in [5.41, 5.74) is 0. The number of hydrogen-bond donors (Lipinski definition) is 0. The average Bonchev–Trinajstić information content (AvgIpc) is 3.03. The molecule has 1 saturated carbocycles. The van der Waals surface area contributed by atoms with Gasteiger partial charge in [0.25, 0.3) is 0 Å². The van der Waals surface area contributed by atoms with Crippen LogP contribution in [0.3, 0.4) is 0 Å². The molecule has 0 spiro atoms. The lowest BCUT2D eigenvalue weighted by Gasteiger charge is -2.16. The Morgan fingerprint density at radius 1 is 0.941 bits per heavy atom. The smallest absolute Gasteiger partial charge is 0.0383 e. The molecule has 1 aliphatic rings. The van der Waals surface area contributed by atoms with Crippen molar-refractivity contribution in [3.63, 3.8) is 0 Å². The van der Waals surface area contributed by atoms with Crippen molar-refractivity contribution in [3.05, 3.63) is 0 Å².